The van der Waals surface area contributed by atoms with Gasteiger partial charge in [-0.15, -0.1) is 0 Å². The summed E-state index contributed by atoms with van der Waals surface area (Å²) < 4.78 is 0.451. The molecule has 0 radical (unpaired) electrons. The predicted octanol–water partition coefficient (Wildman–Crippen LogP) is 0.128. The summed E-state index contributed by atoms with van der Waals surface area (Å²) in [4.78, 5) is 3.85. The zero-order valence-corrected chi connectivity index (χ0v) is 6.20. The van der Waals surface area contributed by atoms with Gasteiger partial charge in [-0.1, -0.05) is 12.2 Å². The Morgan fingerprint density at radius 1 is 1.70 bits per heavy atom. The van der Waals surface area contributed by atoms with Crippen LogP contribution in [0.4, 0.5) is 5.95 Å². The Morgan fingerprint density at radius 2 is 2.40 bits per heavy atom. The van der Waals surface area contributed by atoms with Crippen molar-refractivity contribution >= 4 is 18.2 Å². The monoisotopic (exact) mass is 157 g/mol. The van der Waals surface area contributed by atoms with Crippen molar-refractivity contribution in [2.75, 3.05) is 5.43 Å². The number of aromatic nitrogens is 3. The van der Waals surface area contributed by atoms with Gasteiger partial charge in [-0.2, -0.15) is 10.1 Å². The molecule has 0 fully saturated rings. The summed E-state index contributed by atoms with van der Waals surface area (Å²) in [6.45, 7) is 1.77. The molecule has 0 aromatic carbocycles. The highest BCUT2D eigenvalue weighted by Gasteiger charge is 1.92. The molecule has 0 aliphatic carbocycles. The van der Waals surface area contributed by atoms with E-state index in [2.05, 4.69) is 20.6 Å². The number of anilines is 1. The van der Waals surface area contributed by atoms with Gasteiger partial charge in [0.05, 0.1) is 5.69 Å². The summed E-state index contributed by atoms with van der Waals surface area (Å²) in [7, 11) is 0. The van der Waals surface area contributed by atoms with Crippen LogP contribution < -0.4 is 11.3 Å². The van der Waals surface area contributed by atoms with Crippen LogP contribution in [-0.2, 0) is 0 Å². The van der Waals surface area contributed by atoms with Gasteiger partial charge in [-0.3, -0.25) is 5.43 Å². The summed E-state index contributed by atoms with van der Waals surface area (Å²) in [5.41, 5.74) is 2.99. The quantitative estimate of drug-likeness (QED) is 0.307. The molecule has 0 aliphatic rings. The standard InChI is InChI=1S/C4H7N5S/c1-2-3(10)6-4(7-5)9-8-2/h5H2,1H3,(H2,6,7,9,10). The fraction of sp³-hybridized carbons (Fsp3) is 0.250. The molecule has 54 valence electrons. The zero-order valence-electron chi connectivity index (χ0n) is 5.38. The fourth-order valence-corrected chi connectivity index (χ4v) is 0.594. The molecule has 10 heavy (non-hydrogen) atoms. The first-order chi connectivity index (χ1) is 4.74. The van der Waals surface area contributed by atoms with Crippen molar-refractivity contribution in [2.24, 2.45) is 5.84 Å². The second-order valence-corrected chi connectivity index (χ2v) is 2.11. The molecule has 0 unspecified atom stereocenters. The highest BCUT2D eigenvalue weighted by Crippen LogP contribution is 1.94. The van der Waals surface area contributed by atoms with Crippen LogP contribution in [0.2, 0.25) is 0 Å². The van der Waals surface area contributed by atoms with Crippen molar-refractivity contribution < 1.29 is 0 Å². The summed E-state index contributed by atoms with van der Waals surface area (Å²) in [5.74, 6) is 5.41. The number of nitrogens with zero attached hydrogens (tertiary/aromatic N) is 2. The normalized spacial score (nSPS) is 9.40. The topological polar surface area (TPSA) is 79.6 Å². The van der Waals surface area contributed by atoms with E-state index in [4.69, 9.17) is 18.1 Å². The first-order valence-corrected chi connectivity index (χ1v) is 3.05. The summed E-state index contributed by atoms with van der Waals surface area (Å²) in [6.07, 6.45) is 0. The van der Waals surface area contributed by atoms with Crippen molar-refractivity contribution in [1.29, 1.82) is 0 Å². The summed E-state index contributed by atoms with van der Waals surface area (Å²) in [5, 5.41) is 6.38. The van der Waals surface area contributed by atoms with Gasteiger partial charge in [-0.25, -0.2) is 10.9 Å². The molecular weight excluding hydrogens is 150 g/mol. The van der Waals surface area contributed by atoms with E-state index in [1.807, 2.05) is 0 Å². The first kappa shape index (κ1) is 7.10. The maximum Gasteiger partial charge on any atom is 0.232 e. The molecule has 0 bridgehead atoms. The van der Waals surface area contributed by atoms with E-state index in [1.54, 1.807) is 6.92 Å². The van der Waals surface area contributed by atoms with Crippen LogP contribution in [0.3, 0.4) is 0 Å². The van der Waals surface area contributed by atoms with Gasteiger partial charge in [0.15, 0.2) is 4.64 Å². The molecule has 4 N–H and O–H groups in total. The third-order valence-corrected chi connectivity index (χ3v) is 1.38. The van der Waals surface area contributed by atoms with E-state index in [-0.39, 0.29) is 0 Å². The molecule has 1 rings (SSSR count). The Morgan fingerprint density at radius 3 is 2.90 bits per heavy atom. The van der Waals surface area contributed by atoms with Crippen molar-refractivity contribution in [1.82, 2.24) is 15.2 Å². The molecule has 1 heterocycles. The minimum atomic E-state index is 0.371. The number of nitrogen functional groups attached to an aromatic ring is 1. The van der Waals surface area contributed by atoms with Crippen LogP contribution in [0.1, 0.15) is 5.69 Å². The number of nitrogens with one attached hydrogen (secondary N) is 2. The maximum absolute atomic E-state index is 5.04. The van der Waals surface area contributed by atoms with Gasteiger partial charge in [-0.05, 0) is 6.92 Å². The highest BCUT2D eigenvalue weighted by atomic mass is 32.1. The molecule has 0 aliphatic heterocycles. The molecule has 0 amide bonds. The van der Waals surface area contributed by atoms with Gasteiger partial charge in [0.1, 0.15) is 0 Å². The van der Waals surface area contributed by atoms with Gasteiger partial charge in [0.2, 0.25) is 5.95 Å². The number of rotatable bonds is 1. The number of aryl methyl sites for hydroxylation is 1. The van der Waals surface area contributed by atoms with Gasteiger partial charge in [0, 0.05) is 0 Å². The average Bonchev–Trinajstić information content (AvgIpc) is 1.95. The lowest BCUT2D eigenvalue weighted by atomic mass is 10.5. The lowest BCUT2D eigenvalue weighted by Crippen LogP contribution is -2.11. The first-order valence-electron chi connectivity index (χ1n) is 2.64. The molecule has 0 saturated carbocycles. The smallest absolute Gasteiger partial charge is 0.232 e. The number of H-pyrrole nitrogens is 1. The van der Waals surface area contributed by atoms with Gasteiger partial charge < -0.3 is 0 Å². The van der Waals surface area contributed by atoms with E-state index in [0.29, 0.717) is 16.3 Å². The fourth-order valence-electron chi connectivity index (χ4n) is 0.457. The third kappa shape index (κ3) is 1.28. The van der Waals surface area contributed by atoms with Crippen molar-refractivity contribution in [3.63, 3.8) is 0 Å². The minimum Gasteiger partial charge on any atom is -0.293 e. The maximum atomic E-state index is 5.04. The highest BCUT2D eigenvalue weighted by molar-refractivity contribution is 7.71. The van der Waals surface area contributed by atoms with Gasteiger partial charge in [0.25, 0.3) is 0 Å². The zero-order chi connectivity index (χ0) is 7.56. The summed E-state index contributed by atoms with van der Waals surface area (Å²) in [6, 6.07) is 0. The molecule has 0 spiro atoms. The minimum absolute atomic E-state index is 0.371. The Kier molecular flexibility index (Phi) is 1.93. The Hall–Kier alpha value is -1.01. The van der Waals surface area contributed by atoms with E-state index < -0.39 is 0 Å². The lowest BCUT2D eigenvalue weighted by molar-refractivity contribution is 0.913. The van der Waals surface area contributed by atoms with Crippen LogP contribution in [-0.4, -0.2) is 15.2 Å². The molecule has 0 saturated heterocycles. The number of aromatic amines is 1. The van der Waals surface area contributed by atoms with E-state index in [9.17, 15) is 0 Å². The number of nitrogens with two attached hydrogens (primary N) is 1. The largest absolute Gasteiger partial charge is 0.293 e. The van der Waals surface area contributed by atoms with Crippen LogP contribution in [0.5, 0.6) is 0 Å². The average molecular weight is 157 g/mol. The van der Waals surface area contributed by atoms with Crippen LogP contribution in [0, 0.1) is 11.6 Å². The van der Waals surface area contributed by atoms with E-state index in [0.717, 1.165) is 0 Å². The molecular formula is C4H7N5S. The number of hydrazine groups is 1. The second kappa shape index (κ2) is 2.72. The molecule has 1 aromatic rings. The Labute approximate surface area is 62.6 Å². The molecule has 0 atom stereocenters. The van der Waals surface area contributed by atoms with E-state index in [1.165, 1.54) is 0 Å². The van der Waals surface area contributed by atoms with Crippen molar-refractivity contribution in [2.45, 2.75) is 6.92 Å². The van der Waals surface area contributed by atoms with Gasteiger partial charge >= 0.3 is 0 Å². The van der Waals surface area contributed by atoms with Crippen LogP contribution >= 0.6 is 12.2 Å². The second-order valence-electron chi connectivity index (χ2n) is 1.72. The Balaban J connectivity index is 3.17. The predicted molar refractivity (Wildman–Crippen MR) is 39.8 cm³/mol. The van der Waals surface area contributed by atoms with Crippen LogP contribution in [0.15, 0.2) is 0 Å². The lowest BCUT2D eigenvalue weighted by Gasteiger charge is -1.96. The number of hydrogen-bond acceptors (Lipinski definition) is 5. The Bertz CT molecular complexity index is 279. The summed E-state index contributed by atoms with van der Waals surface area (Å²) >= 11 is 4.82. The SMILES string of the molecule is Cc1n[nH]c(NN)nc1=S. The van der Waals surface area contributed by atoms with Crippen molar-refractivity contribution in [3.8, 4) is 0 Å². The molecule has 5 nitrogen and oxygen atoms in total. The number of hydrogen-bond donors (Lipinski definition) is 3. The molecule has 6 heteroatoms. The van der Waals surface area contributed by atoms with Crippen molar-refractivity contribution in [3.05, 3.63) is 10.3 Å². The molecule has 1 aromatic heterocycles. The third-order valence-electron chi connectivity index (χ3n) is 0.989. The van der Waals surface area contributed by atoms with Crippen LogP contribution in [0.25, 0.3) is 0 Å². The van der Waals surface area contributed by atoms with E-state index >= 15 is 0 Å².